The van der Waals surface area contributed by atoms with Crippen molar-refractivity contribution in [2.45, 2.75) is 23.5 Å². The van der Waals surface area contributed by atoms with E-state index in [1.54, 1.807) is 0 Å². The zero-order valence-corrected chi connectivity index (χ0v) is 15.1. The van der Waals surface area contributed by atoms with Gasteiger partial charge in [-0.15, -0.1) is 13.2 Å². The topological polar surface area (TPSA) is 68.7 Å². The van der Waals surface area contributed by atoms with Gasteiger partial charge in [0.05, 0.1) is 23.5 Å². The Morgan fingerprint density at radius 1 is 1.00 bits per heavy atom. The van der Waals surface area contributed by atoms with Crippen LogP contribution >= 0.6 is 0 Å². The van der Waals surface area contributed by atoms with Gasteiger partial charge in [-0.05, 0) is 30.3 Å². The standard InChI is InChI=1S/C16H12F6N2O4S/c17-15(18,19)10-5-6-23-14(7-10)27-12-8-24(9-12)29(25,26)13-3-1-11(2-4-13)28-16(20,21)22/h1-7,12H,8-9H2. The Labute approximate surface area is 160 Å². The van der Waals surface area contributed by atoms with Gasteiger partial charge in [0.1, 0.15) is 11.9 Å². The third-order valence-corrected chi connectivity index (χ3v) is 5.71. The third kappa shape index (κ3) is 5.09. The molecule has 29 heavy (non-hydrogen) atoms. The van der Waals surface area contributed by atoms with Crippen LogP contribution in [0.2, 0.25) is 0 Å². The Kier molecular flexibility index (Phi) is 5.38. The summed E-state index contributed by atoms with van der Waals surface area (Å²) in [6, 6.07) is 5.12. The number of halogens is 6. The highest BCUT2D eigenvalue weighted by molar-refractivity contribution is 7.89. The van der Waals surface area contributed by atoms with Crippen LogP contribution in [0.15, 0.2) is 47.5 Å². The molecule has 158 valence electrons. The van der Waals surface area contributed by atoms with Crippen molar-refractivity contribution < 1.29 is 44.2 Å². The highest BCUT2D eigenvalue weighted by atomic mass is 32.2. The van der Waals surface area contributed by atoms with Gasteiger partial charge in [-0.1, -0.05) is 0 Å². The second-order valence-electron chi connectivity index (χ2n) is 5.96. The third-order valence-electron chi connectivity index (χ3n) is 3.86. The minimum Gasteiger partial charge on any atom is -0.472 e. The fourth-order valence-corrected chi connectivity index (χ4v) is 3.96. The van der Waals surface area contributed by atoms with Crippen LogP contribution in [0.3, 0.4) is 0 Å². The van der Waals surface area contributed by atoms with Crippen LogP contribution in [-0.4, -0.2) is 43.3 Å². The number of rotatable bonds is 5. The minimum absolute atomic E-state index is 0.152. The van der Waals surface area contributed by atoms with Gasteiger partial charge < -0.3 is 9.47 Å². The molecule has 1 aromatic heterocycles. The monoisotopic (exact) mass is 442 g/mol. The number of alkyl halides is 6. The summed E-state index contributed by atoms with van der Waals surface area (Å²) >= 11 is 0. The first-order valence-electron chi connectivity index (χ1n) is 7.90. The molecule has 0 saturated carbocycles. The van der Waals surface area contributed by atoms with Crippen LogP contribution in [0.25, 0.3) is 0 Å². The van der Waals surface area contributed by atoms with E-state index in [-0.39, 0.29) is 23.9 Å². The SMILES string of the molecule is O=S(=O)(c1ccc(OC(F)(F)F)cc1)N1CC(Oc2cc(C(F)(F)F)ccn2)C1. The minimum atomic E-state index is -4.90. The van der Waals surface area contributed by atoms with E-state index < -0.39 is 40.0 Å². The molecule has 1 saturated heterocycles. The van der Waals surface area contributed by atoms with Gasteiger partial charge in [0, 0.05) is 12.3 Å². The molecule has 1 aliphatic heterocycles. The normalized spacial score (nSPS) is 16.3. The maximum absolute atomic E-state index is 12.7. The lowest BCUT2D eigenvalue weighted by atomic mass is 10.2. The second-order valence-corrected chi connectivity index (χ2v) is 7.90. The number of hydrogen-bond acceptors (Lipinski definition) is 5. The first-order chi connectivity index (χ1) is 13.3. The molecule has 6 nitrogen and oxygen atoms in total. The first-order valence-corrected chi connectivity index (χ1v) is 9.34. The molecule has 0 radical (unpaired) electrons. The number of aromatic nitrogens is 1. The molecule has 0 unspecified atom stereocenters. The van der Waals surface area contributed by atoms with E-state index in [9.17, 15) is 34.8 Å². The predicted molar refractivity (Wildman–Crippen MR) is 85.5 cm³/mol. The summed E-state index contributed by atoms with van der Waals surface area (Å²) in [7, 11) is -4.00. The smallest absolute Gasteiger partial charge is 0.472 e. The molecule has 0 atom stereocenters. The van der Waals surface area contributed by atoms with E-state index in [0.717, 1.165) is 40.8 Å². The Balaban J connectivity index is 1.61. The van der Waals surface area contributed by atoms with E-state index in [4.69, 9.17) is 4.74 Å². The molecule has 2 heterocycles. The van der Waals surface area contributed by atoms with Gasteiger partial charge in [0.2, 0.25) is 15.9 Å². The molecule has 1 fully saturated rings. The van der Waals surface area contributed by atoms with Gasteiger partial charge in [-0.3, -0.25) is 0 Å². The van der Waals surface area contributed by atoms with E-state index in [1.165, 1.54) is 0 Å². The zero-order valence-electron chi connectivity index (χ0n) is 14.2. The van der Waals surface area contributed by atoms with Crippen molar-refractivity contribution in [1.82, 2.24) is 9.29 Å². The highest BCUT2D eigenvalue weighted by Gasteiger charge is 2.39. The number of benzene rings is 1. The van der Waals surface area contributed by atoms with E-state index in [2.05, 4.69) is 9.72 Å². The van der Waals surface area contributed by atoms with Crippen molar-refractivity contribution in [3.8, 4) is 11.6 Å². The Hall–Kier alpha value is -2.54. The van der Waals surface area contributed by atoms with E-state index >= 15 is 0 Å². The van der Waals surface area contributed by atoms with Crippen LogP contribution in [0.1, 0.15) is 5.56 Å². The molecule has 3 rings (SSSR count). The zero-order chi connectivity index (χ0) is 21.4. The molecule has 0 bridgehead atoms. The fourth-order valence-electron chi connectivity index (χ4n) is 2.45. The fraction of sp³-hybridized carbons (Fsp3) is 0.312. The molecule has 1 aromatic carbocycles. The molecule has 2 aromatic rings. The lowest BCUT2D eigenvalue weighted by Gasteiger charge is -2.37. The average Bonchev–Trinajstić information content (AvgIpc) is 2.56. The molecule has 1 aliphatic rings. The van der Waals surface area contributed by atoms with E-state index in [0.29, 0.717) is 6.07 Å². The summed E-state index contributed by atoms with van der Waals surface area (Å²) in [5.41, 5.74) is -0.951. The van der Waals surface area contributed by atoms with Crippen molar-refractivity contribution in [1.29, 1.82) is 0 Å². The van der Waals surface area contributed by atoms with E-state index in [1.807, 2.05) is 0 Å². The Morgan fingerprint density at radius 3 is 2.17 bits per heavy atom. The number of ether oxygens (including phenoxy) is 2. The Bertz CT molecular complexity index is 970. The summed E-state index contributed by atoms with van der Waals surface area (Å²) in [4.78, 5) is 3.40. The van der Waals surface area contributed by atoms with Crippen molar-refractivity contribution >= 4 is 10.0 Å². The predicted octanol–water partition coefficient (Wildman–Crippen LogP) is 3.45. The summed E-state index contributed by atoms with van der Waals surface area (Å²) in [6.45, 7) is -0.303. The van der Waals surface area contributed by atoms with Gasteiger partial charge in [0.25, 0.3) is 0 Å². The summed E-state index contributed by atoms with van der Waals surface area (Å²) in [5, 5.41) is 0. The van der Waals surface area contributed by atoms with Crippen LogP contribution in [0, 0.1) is 0 Å². The first kappa shape index (κ1) is 21.2. The molecule has 0 N–H and O–H groups in total. The number of nitrogens with zero attached hydrogens (tertiary/aromatic N) is 2. The van der Waals surface area contributed by atoms with Gasteiger partial charge in [0.15, 0.2) is 0 Å². The number of hydrogen-bond donors (Lipinski definition) is 0. The van der Waals surface area contributed by atoms with Gasteiger partial charge in [-0.25, -0.2) is 13.4 Å². The average molecular weight is 442 g/mol. The summed E-state index contributed by atoms with van der Waals surface area (Å²) in [6.07, 6.45) is -9.26. The maximum atomic E-state index is 12.7. The molecular formula is C16H12F6N2O4S. The maximum Gasteiger partial charge on any atom is 0.573 e. The van der Waals surface area contributed by atoms with Crippen LogP contribution in [0.4, 0.5) is 26.3 Å². The Morgan fingerprint density at radius 2 is 1.62 bits per heavy atom. The largest absolute Gasteiger partial charge is 0.573 e. The number of pyridine rings is 1. The van der Waals surface area contributed by atoms with Crippen LogP contribution < -0.4 is 9.47 Å². The molecule has 0 spiro atoms. The molecule has 0 amide bonds. The van der Waals surface area contributed by atoms with Crippen molar-refractivity contribution in [2.75, 3.05) is 13.1 Å². The number of sulfonamides is 1. The quantitative estimate of drug-likeness (QED) is 0.664. The lowest BCUT2D eigenvalue weighted by Crippen LogP contribution is -2.56. The highest BCUT2D eigenvalue weighted by Crippen LogP contribution is 2.32. The van der Waals surface area contributed by atoms with Crippen LogP contribution in [-0.2, 0) is 16.2 Å². The van der Waals surface area contributed by atoms with Gasteiger partial charge in [-0.2, -0.15) is 17.5 Å². The van der Waals surface area contributed by atoms with Crippen LogP contribution in [0.5, 0.6) is 11.6 Å². The van der Waals surface area contributed by atoms with Crippen molar-refractivity contribution in [2.24, 2.45) is 0 Å². The van der Waals surface area contributed by atoms with Crippen molar-refractivity contribution in [3.05, 3.63) is 48.2 Å². The summed E-state index contributed by atoms with van der Waals surface area (Å²) < 4.78 is 109. The molecule has 13 heteroatoms. The molecule has 0 aliphatic carbocycles. The lowest BCUT2D eigenvalue weighted by molar-refractivity contribution is -0.274. The van der Waals surface area contributed by atoms with Gasteiger partial charge >= 0.3 is 12.5 Å². The second kappa shape index (κ2) is 7.37. The van der Waals surface area contributed by atoms with Crippen molar-refractivity contribution in [3.63, 3.8) is 0 Å². The summed E-state index contributed by atoms with van der Waals surface area (Å²) in [5.74, 6) is -0.868. The molecular weight excluding hydrogens is 430 g/mol.